The number of urea groups is 1. The molecule has 0 saturated carbocycles. The first-order chi connectivity index (χ1) is 16.3. The summed E-state index contributed by atoms with van der Waals surface area (Å²) in [7, 11) is 0. The largest absolute Gasteiger partial charge is 0.490 e. The molecule has 2 heterocycles. The molecule has 0 bridgehead atoms. The summed E-state index contributed by atoms with van der Waals surface area (Å²) in [5.41, 5.74) is 1.52. The van der Waals surface area contributed by atoms with Crippen LogP contribution < -0.4 is 14.8 Å². The number of amides is 5. The smallest absolute Gasteiger partial charge is 0.335 e. The maximum absolute atomic E-state index is 12.9. The minimum absolute atomic E-state index is 0.00916. The molecule has 5 amide bonds. The Hall–Kier alpha value is -3.88. The van der Waals surface area contributed by atoms with Gasteiger partial charge in [0.1, 0.15) is 6.54 Å². The number of hydrogen-bond donors (Lipinski definition) is 1. The Kier molecular flexibility index (Phi) is 6.81. The lowest BCUT2D eigenvalue weighted by molar-refractivity contribution is -0.144. The van der Waals surface area contributed by atoms with Gasteiger partial charge in [-0.1, -0.05) is 50.2 Å². The van der Waals surface area contributed by atoms with E-state index in [0.717, 1.165) is 16.9 Å². The lowest BCUT2D eigenvalue weighted by Gasteiger charge is -2.25. The predicted molar refractivity (Wildman–Crippen MR) is 122 cm³/mol. The van der Waals surface area contributed by atoms with E-state index < -0.39 is 36.3 Å². The molecule has 34 heavy (non-hydrogen) atoms. The third kappa shape index (κ3) is 4.88. The molecule has 1 fully saturated rings. The fraction of sp³-hybridized carbons (Fsp3) is 0.360. The van der Waals surface area contributed by atoms with Gasteiger partial charge in [-0.2, -0.15) is 0 Å². The number of carbonyl (C=O) groups is 4. The van der Waals surface area contributed by atoms with Gasteiger partial charge in [-0.15, -0.1) is 0 Å². The van der Waals surface area contributed by atoms with E-state index in [9.17, 15) is 19.2 Å². The number of benzene rings is 2. The predicted octanol–water partition coefficient (Wildman–Crippen LogP) is 2.65. The van der Waals surface area contributed by atoms with Gasteiger partial charge < -0.3 is 14.8 Å². The number of carbonyl (C=O) groups excluding carboxylic acids is 4. The maximum atomic E-state index is 12.9. The van der Waals surface area contributed by atoms with E-state index >= 15 is 0 Å². The second-order valence-corrected chi connectivity index (χ2v) is 8.60. The zero-order valence-corrected chi connectivity index (χ0v) is 19.2. The van der Waals surface area contributed by atoms with Gasteiger partial charge >= 0.3 is 17.8 Å². The summed E-state index contributed by atoms with van der Waals surface area (Å²) in [4.78, 5) is 52.0. The van der Waals surface area contributed by atoms with Crippen molar-refractivity contribution in [2.75, 3.05) is 19.8 Å². The van der Waals surface area contributed by atoms with E-state index in [-0.39, 0.29) is 12.5 Å². The number of imide groups is 2. The van der Waals surface area contributed by atoms with Gasteiger partial charge in [-0.3, -0.25) is 19.3 Å². The monoisotopic (exact) mass is 465 g/mol. The van der Waals surface area contributed by atoms with Crippen LogP contribution in [0.3, 0.4) is 0 Å². The molecular weight excluding hydrogens is 438 g/mol. The highest BCUT2D eigenvalue weighted by Gasteiger charge is 2.45. The molecular formula is C25H27N3O6. The summed E-state index contributed by atoms with van der Waals surface area (Å²) in [6.45, 7) is 4.45. The van der Waals surface area contributed by atoms with Crippen LogP contribution in [0, 0.1) is 5.92 Å². The van der Waals surface area contributed by atoms with Crippen LogP contribution >= 0.6 is 0 Å². The fourth-order valence-corrected chi connectivity index (χ4v) is 3.97. The van der Waals surface area contributed by atoms with Gasteiger partial charge in [-0.25, -0.2) is 9.69 Å². The van der Waals surface area contributed by atoms with Gasteiger partial charge in [0.25, 0.3) is 0 Å². The van der Waals surface area contributed by atoms with Gasteiger partial charge in [0.05, 0.1) is 25.8 Å². The lowest BCUT2D eigenvalue weighted by Crippen LogP contribution is -2.43. The Morgan fingerprint density at radius 1 is 0.941 bits per heavy atom. The van der Waals surface area contributed by atoms with Crippen molar-refractivity contribution in [3.05, 3.63) is 59.7 Å². The van der Waals surface area contributed by atoms with Crippen molar-refractivity contribution in [3.63, 3.8) is 0 Å². The summed E-state index contributed by atoms with van der Waals surface area (Å²) in [6, 6.07) is 13.2. The van der Waals surface area contributed by atoms with Crippen LogP contribution in [0.2, 0.25) is 0 Å². The molecule has 2 aromatic rings. The minimum Gasteiger partial charge on any atom is -0.490 e. The third-order valence-corrected chi connectivity index (χ3v) is 5.73. The molecule has 0 unspecified atom stereocenters. The van der Waals surface area contributed by atoms with Crippen LogP contribution in [0.1, 0.15) is 37.4 Å². The molecule has 1 saturated heterocycles. The Morgan fingerprint density at radius 3 is 2.32 bits per heavy atom. The highest BCUT2D eigenvalue weighted by atomic mass is 16.5. The molecule has 9 nitrogen and oxygen atoms in total. The van der Waals surface area contributed by atoms with Crippen molar-refractivity contribution in [1.82, 2.24) is 15.1 Å². The molecule has 0 radical (unpaired) electrons. The molecule has 2 aromatic carbocycles. The Labute approximate surface area is 197 Å². The molecule has 1 atom stereocenters. The molecule has 1 N–H and O–H groups in total. The molecule has 9 heteroatoms. The second kappa shape index (κ2) is 9.94. The number of hydrogen-bond acceptors (Lipinski definition) is 6. The normalized spacial score (nSPS) is 16.6. The van der Waals surface area contributed by atoms with Gasteiger partial charge in [0.15, 0.2) is 11.5 Å². The van der Waals surface area contributed by atoms with Crippen LogP contribution in [0.5, 0.6) is 11.5 Å². The molecule has 4 rings (SSSR count). The van der Waals surface area contributed by atoms with E-state index in [0.29, 0.717) is 35.2 Å². The van der Waals surface area contributed by atoms with E-state index in [1.165, 1.54) is 0 Å². The standard InChI is InChI=1S/C25H27N3O6/c1-16(2)22(18-9-10-19-20(13-18)34-12-6-11-33-19)26-21(29)15-28-24(31)23(30)27(25(28)32)14-17-7-4-3-5-8-17/h3-5,7-10,13,16,22H,6,11-12,14-15H2,1-2H3,(H,26,29)/t22-/m0/s1. The van der Waals surface area contributed by atoms with Gasteiger partial charge in [0, 0.05) is 6.42 Å². The van der Waals surface area contributed by atoms with Crippen LogP contribution in [0.15, 0.2) is 48.5 Å². The summed E-state index contributed by atoms with van der Waals surface area (Å²) < 4.78 is 11.4. The van der Waals surface area contributed by atoms with Crippen LogP contribution in [-0.4, -0.2) is 53.3 Å². The molecule has 0 aromatic heterocycles. The summed E-state index contributed by atoms with van der Waals surface area (Å²) in [5.74, 6) is -1.21. The van der Waals surface area contributed by atoms with Gasteiger partial charge in [-0.05, 0) is 29.2 Å². The van der Waals surface area contributed by atoms with Crippen LogP contribution in [0.4, 0.5) is 4.79 Å². The zero-order chi connectivity index (χ0) is 24.2. The number of nitrogens with one attached hydrogen (secondary N) is 1. The molecule has 2 aliphatic heterocycles. The quantitative estimate of drug-likeness (QED) is 0.498. The Balaban J connectivity index is 1.45. The van der Waals surface area contributed by atoms with E-state index in [4.69, 9.17) is 9.47 Å². The third-order valence-electron chi connectivity index (χ3n) is 5.73. The minimum atomic E-state index is -1.01. The first-order valence-electron chi connectivity index (χ1n) is 11.3. The second-order valence-electron chi connectivity index (χ2n) is 8.60. The summed E-state index contributed by atoms with van der Waals surface area (Å²) in [5, 5.41) is 2.89. The molecule has 0 spiro atoms. The first-order valence-corrected chi connectivity index (χ1v) is 11.3. The van der Waals surface area contributed by atoms with Crippen LogP contribution in [0.25, 0.3) is 0 Å². The van der Waals surface area contributed by atoms with Crippen molar-refractivity contribution < 1.29 is 28.7 Å². The number of ether oxygens (including phenoxy) is 2. The molecule has 2 aliphatic rings. The van der Waals surface area contributed by atoms with Gasteiger partial charge in [0.2, 0.25) is 5.91 Å². The first kappa shape index (κ1) is 23.3. The van der Waals surface area contributed by atoms with Crippen molar-refractivity contribution in [2.45, 2.75) is 32.9 Å². The van der Waals surface area contributed by atoms with Crippen molar-refractivity contribution in [1.29, 1.82) is 0 Å². The average Bonchev–Trinajstić information content (AvgIpc) is 3.00. The molecule has 178 valence electrons. The van der Waals surface area contributed by atoms with Crippen molar-refractivity contribution in [2.24, 2.45) is 5.92 Å². The van der Waals surface area contributed by atoms with E-state index in [2.05, 4.69) is 5.32 Å². The lowest BCUT2D eigenvalue weighted by atomic mass is 9.95. The van der Waals surface area contributed by atoms with Crippen molar-refractivity contribution in [3.8, 4) is 11.5 Å². The topological polar surface area (TPSA) is 105 Å². The highest BCUT2D eigenvalue weighted by molar-refractivity contribution is 6.44. The van der Waals surface area contributed by atoms with Crippen molar-refractivity contribution >= 4 is 23.8 Å². The summed E-state index contributed by atoms with van der Waals surface area (Å²) in [6.07, 6.45) is 0.784. The Morgan fingerprint density at radius 2 is 1.62 bits per heavy atom. The Bertz CT molecular complexity index is 1100. The van der Waals surface area contributed by atoms with E-state index in [1.54, 1.807) is 24.3 Å². The maximum Gasteiger partial charge on any atom is 0.335 e. The highest BCUT2D eigenvalue weighted by Crippen LogP contribution is 2.34. The summed E-state index contributed by atoms with van der Waals surface area (Å²) >= 11 is 0. The number of fused-ring (bicyclic) bond motifs is 1. The molecule has 0 aliphatic carbocycles. The average molecular weight is 466 g/mol. The van der Waals surface area contributed by atoms with E-state index in [1.807, 2.05) is 38.1 Å². The van der Waals surface area contributed by atoms with Crippen LogP contribution in [-0.2, 0) is 20.9 Å². The zero-order valence-electron chi connectivity index (χ0n) is 19.2. The number of rotatable bonds is 7. The fourth-order valence-electron chi connectivity index (χ4n) is 3.97. The SMILES string of the molecule is CC(C)[C@H](NC(=O)CN1C(=O)C(=O)N(Cc2ccccc2)C1=O)c1ccc2c(c1)OCCCO2. The number of nitrogens with zero attached hydrogens (tertiary/aromatic N) is 2.